The molecular weight excluding hydrogens is 362 g/mol. The maximum Gasteiger partial charge on any atom is 0.243 e. The number of nitrogens with zero attached hydrogens (tertiary/aromatic N) is 2. The van der Waals surface area contributed by atoms with Gasteiger partial charge in [-0.25, -0.2) is 8.42 Å². The average molecular weight is 390 g/mol. The number of amides is 1. The molecule has 0 aliphatic carbocycles. The van der Waals surface area contributed by atoms with Gasteiger partial charge in [-0.1, -0.05) is 6.07 Å². The minimum atomic E-state index is -3.56. The van der Waals surface area contributed by atoms with Crippen molar-refractivity contribution in [1.82, 2.24) is 9.21 Å². The molecule has 1 saturated heterocycles. The monoisotopic (exact) mass is 389 g/mol. The highest BCUT2D eigenvalue weighted by Crippen LogP contribution is 2.29. The van der Waals surface area contributed by atoms with Crippen LogP contribution in [0.15, 0.2) is 11.0 Å². The lowest BCUT2D eigenvalue weighted by Crippen LogP contribution is -2.51. The Morgan fingerprint density at radius 2 is 1.52 bits per heavy atom. The zero-order valence-electron chi connectivity index (χ0n) is 15.3. The van der Waals surface area contributed by atoms with Crippen LogP contribution in [0.25, 0.3) is 0 Å². The fourth-order valence-corrected chi connectivity index (χ4v) is 5.15. The third kappa shape index (κ3) is 4.34. The molecule has 1 heterocycles. The van der Waals surface area contributed by atoms with Crippen molar-refractivity contribution in [1.29, 1.82) is 0 Å². The number of hydrogen-bond donors (Lipinski definition) is 1. The maximum absolute atomic E-state index is 13.1. The zero-order chi connectivity index (χ0) is 18.1. The van der Waals surface area contributed by atoms with Gasteiger partial charge in [0.2, 0.25) is 15.9 Å². The van der Waals surface area contributed by atoms with Crippen LogP contribution >= 0.6 is 12.4 Å². The summed E-state index contributed by atoms with van der Waals surface area (Å²) in [7, 11) is -3.56. The van der Waals surface area contributed by atoms with Gasteiger partial charge in [-0.3, -0.25) is 4.79 Å². The lowest BCUT2D eigenvalue weighted by atomic mass is 10.0. The molecule has 1 aliphatic rings. The Balaban J connectivity index is 0.00000312. The van der Waals surface area contributed by atoms with Crippen LogP contribution in [0.5, 0.6) is 0 Å². The minimum absolute atomic E-state index is 0. The van der Waals surface area contributed by atoms with Crippen LogP contribution < -0.4 is 5.73 Å². The summed E-state index contributed by atoms with van der Waals surface area (Å²) in [6.45, 7) is 9.38. The molecular formula is C17H28ClN3O3S. The number of carbonyl (C=O) groups is 1. The Hall–Kier alpha value is -1.15. The first-order valence-corrected chi connectivity index (χ1v) is 9.69. The van der Waals surface area contributed by atoms with Crippen molar-refractivity contribution in [2.45, 2.75) is 39.0 Å². The SMILES string of the molecule is Cc1cc(C)c(C)c(S(=O)(=O)N2CCN(C(=O)CCN)CC2)c1C.Cl. The fraction of sp³-hybridized carbons (Fsp3) is 0.588. The van der Waals surface area contributed by atoms with E-state index in [1.165, 1.54) is 4.31 Å². The van der Waals surface area contributed by atoms with E-state index in [9.17, 15) is 13.2 Å². The molecule has 25 heavy (non-hydrogen) atoms. The van der Waals surface area contributed by atoms with E-state index < -0.39 is 10.0 Å². The molecule has 0 bridgehead atoms. The lowest BCUT2D eigenvalue weighted by Gasteiger charge is -2.34. The molecule has 1 fully saturated rings. The first-order chi connectivity index (χ1) is 11.2. The molecule has 8 heteroatoms. The summed E-state index contributed by atoms with van der Waals surface area (Å²) in [5, 5.41) is 0. The van der Waals surface area contributed by atoms with Crippen molar-refractivity contribution < 1.29 is 13.2 Å². The van der Waals surface area contributed by atoms with Gasteiger partial charge >= 0.3 is 0 Å². The first kappa shape index (κ1) is 21.9. The van der Waals surface area contributed by atoms with E-state index in [1.807, 2.05) is 33.8 Å². The highest BCUT2D eigenvalue weighted by atomic mass is 35.5. The zero-order valence-corrected chi connectivity index (χ0v) is 17.0. The summed E-state index contributed by atoms with van der Waals surface area (Å²) in [6.07, 6.45) is 0.308. The van der Waals surface area contributed by atoms with Crippen molar-refractivity contribution in [2.24, 2.45) is 5.73 Å². The number of aryl methyl sites for hydroxylation is 2. The van der Waals surface area contributed by atoms with Crippen LogP contribution in [0.2, 0.25) is 0 Å². The summed E-state index contributed by atoms with van der Waals surface area (Å²) in [6, 6.07) is 2.02. The summed E-state index contributed by atoms with van der Waals surface area (Å²) < 4.78 is 27.8. The Bertz CT molecular complexity index is 716. The minimum Gasteiger partial charge on any atom is -0.340 e. The molecule has 6 nitrogen and oxygen atoms in total. The number of rotatable bonds is 4. The van der Waals surface area contributed by atoms with Gasteiger partial charge < -0.3 is 10.6 Å². The van der Waals surface area contributed by atoms with Crippen LogP contribution in [0.4, 0.5) is 0 Å². The highest BCUT2D eigenvalue weighted by molar-refractivity contribution is 7.89. The number of sulfonamides is 1. The quantitative estimate of drug-likeness (QED) is 0.846. The number of piperazine rings is 1. The molecule has 2 rings (SSSR count). The Morgan fingerprint density at radius 3 is 1.96 bits per heavy atom. The summed E-state index contributed by atoms with van der Waals surface area (Å²) in [5.74, 6) is -0.00620. The molecule has 1 amide bonds. The van der Waals surface area contributed by atoms with E-state index in [-0.39, 0.29) is 18.3 Å². The van der Waals surface area contributed by atoms with Crippen LogP contribution in [-0.2, 0) is 14.8 Å². The number of hydrogen-bond acceptors (Lipinski definition) is 4. The number of carbonyl (C=O) groups excluding carboxylic acids is 1. The van der Waals surface area contributed by atoms with Gasteiger partial charge in [0.05, 0.1) is 4.90 Å². The molecule has 0 unspecified atom stereocenters. The van der Waals surface area contributed by atoms with E-state index in [2.05, 4.69) is 0 Å². The standard InChI is InChI=1S/C17H27N3O3S.ClH/c1-12-11-13(2)15(4)17(14(12)3)24(22,23)20-9-7-19(8-10-20)16(21)5-6-18;/h11H,5-10,18H2,1-4H3;1H. The van der Waals surface area contributed by atoms with Crippen molar-refractivity contribution in [2.75, 3.05) is 32.7 Å². The van der Waals surface area contributed by atoms with Crippen molar-refractivity contribution in [3.05, 3.63) is 28.3 Å². The predicted molar refractivity (Wildman–Crippen MR) is 102 cm³/mol. The third-order valence-corrected chi connectivity index (χ3v) is 7.02. The van der Waals surface area contributed by atoms with Gasteiger partial charge in [0, 0.05) is 39.1 Å². The lowest BCUT2D eigenvalue weighted by molar-refractivity contribution is -0.132. The molecule has 0 spiro atoms. The Morgan fingerprint density at radius 1 is 1.04 bits per heavy atom. The summed E-state index contributed by atoms with van der Waals surface area (Å²) in [5.41, 5.74) is 8.99. The summed E-state index contributed by atoms with van der Waals surface area (Å²) >= 11 is 0. The number of halogens is 1. The Labute approximate surface area is 156 Å². The van der Waals surface area contributed by atoms with Crippen LogP contribution in [0, 0.1) is 27.7 Å². The smallest absolute Gasteiger partial charge is 0.243 e. The van der Waals surface area contributed by atoms with Crippen molar-refractivity contribution >= 4 is 28.3 Å². The van der Waals surface area contributed by atoms with Gasteiger partial charge in [-0.2, -0.15) is 4.31 Å². The van der Waals surface area contributed by atoms with E-state index in [1.54, 1.807) is 4.90 Å². The van der Waals surface area contributed by atoms with Gasteiger partial charge in [0.15, 0.2) is 0 Å². The second-order valence-electron chi connectivity index (χ2n) is 6.41. The molecule has 1 aliphatic heterocycles. The first-order valence-electron chi connectivity index (χ1n) is 8.25. The Kier molecular flexibility index (Phi) is 7.43. The van der Waals surface area contributed by atoms with Gasteiger partial charge in [0.1, 0.15) is 0 Å². The molecule has 0 saturated carbocycles. The molecule has 0 aromatic heterocycles. The van der Waals surface area contributed by atoms with Gasteiger partial charge in [-0.05, 0) is 49.9 Å². The van der Waals surface area contributed by atoms with Gasteiger partial charge in [0.25, 0.3) is 0 Å². The van der Waals surface area contributed by atoms with Crippen molar-refractivity contribution in [3.8, 4) is 0 Å². The second kappa shape index (κ2) is 8.49. The predicted octanol–water partition coefficient (Wildman–Crippen LogP) is 1.52. The van der Waals surface area contributed by atoms with E-state index in [4.69, 9.17) is 5.73 Å². The number of benzene rings is 1. The maximum atomic E-state index is 13.1. The summed E-state index contributed by atoms with van der Waals surface area (Å²) in [4.78, 5) is 14.0. The molecule has 2 N–H and O–H groups in total. The van der Waals surface area contributed by atoms with E-state index in [0.717, 1.165) is 22.3 Å². The number of nitrogens with two attached hydrogens (primary N) is 1. The largest absolute Gasteiger partial charge is 0.340 e. The van der Waals surface area contributed by atoms with Crippen molar-refractivity contribution in [3.63, 3.8) is 0 Å². The van der Waals surface area contributed by atoms with E-state index >= 15 is 0 Å². The van der Waals surface area contributed by atoms with Gasteiger partial charge in [-0.15, -0.1) is 12.4 Å². The van der Waals surface area contributed by atoms with E-state index in [0.29, 0.717) is 44.0 Å². The van der Waals surface area contributed by atoms with Crippen LogP contribution in [0.3, 0.4) is 0 Å². The third-order valence-electron chi connectivity index (χ3n) is 4.84. The molecule has 0 radical (unpaired) electrons. The highest BCUT2D eigenvalue weighted by Gasteiger charge is 2.32. The molecule has 142 valence electrons. The van der Waals surface area contributed by atoms with Crippen LogP contribution in [-0.4, -0.2) is 56.3 Å². The molecule has 0 atom stereocenters. The second-order valence-corrected chi connectivity index (χ2v) is 8.29. The van der Waals surface area contributed by atoms with Crippen LogP contribution in [0.1, 0.15) is 28.7 Å². The topological polar surface area (TPSA) is 83.7 Å². The average Bonchev–Trinajstić information content (AvgIpc) is 2.53. The fourth-order valence-electron chi connectivity index (χ4n) is 3.16. The normalized spacial score (nSPS) is 15.8. The molecule has 1 aromatic carbocycles. The molecule has 1 aromatic rings.